The molecule has 0 N–H and O–H groups in total. The van der Waals surface area contributed by atoms with Gasteiger partial charge in [-0.2, -0.15) is 0 Å². The average molecular weight is 286 g/mol. The number of hydrogen-bond acceptors (Lipinski definition) is 1. The van der Waals surface area contributed by atoms with E-state index in [1.807, 2.05) is 0 Å². The van der Waals surface area contributed by atoms with Crippen molar-refractivity contribution < 1.29 is 0 Å². The number of nitrogens with zero attached hydrogens (tertiary/aromatic N) is 2. The van der Waals surface area contributed by atoms with Gasteiger partial charge >= 0.3 is 0 Å². The smallest absolute Gasteiger partial charge is 0.114 e. The van der Waals surface area contributed by atoms with Gasteiger partial charge in [-0.3, -0.25) is 0 Å². The normalized spacial score (nSPS) is 11.4. The van der Waals surface area contributed by atoms with Gasteiger partial charge in [0.25, 0.3) is 0 Å². The quantitative estimate of drug-likeness (QED) is 0.525. The largest absolute Gasteiger partial charge is 0.331 e. The fraction of sp³-hybridized carbons (Fsp3) is 0.150. The van der Waals surface area contributed by atoms with Crippen LogP contribution in [0.1, 0.15) is 17.0 Å². The first kappa shape index (κ1) is 13.1. The first-order valence-electron chi connectivity index (χ1n) is 7.61. The summed E-state index contributed by atoms with van der Waals surface area (Å²) in [5.41, 5.74) is 4.86. The molecule has 0 bridgehead atoms. The summed E-state index contributed by atoms with van der Waals surface area (Å²) < 4.78 is 2.20. The highest BCUT2D eigenvalue weighted by molar-refractivity contribution is 5.86. The van der Waals surface area contributed by atoms with Crippen LogP contribution in [0, 0.1) is 6.92 Å². The highest BCUT2D eigenvalue weighted by Crippen LogP contribution is 2.23. The van der Waals surface area contributed by atoms with Crippen molar-refractivity contribution in [3.8, 4) is 0 Å². The third kappa shape index (κ3) is 2.08. The standard InChI is InChI=1S/C20H18N2/c1-14-10-11-19-18(12-14)21-20(22(19)2)13-16-8-5-7-15-6-3-4-9-17(15)16/h3-12H,13H2,1-2H3. The third-order valence-corrected chi connectivity index (χ3v) is 4.36. The van der Waals surface area contributed by atoms with Gasteiger partial charge in [0.2, 0.25) is 0 Å². The van der Waals surface area contributed by atoms with Crippen LogP contribution in [0.25, 0.3) is 21.8 Å². The van der Waals surface area contributed by atoms with Crippen molar-refractivity contribution in [2.45, 2.75) is 13.3 Å². The molecule has 0 aliphatic rings. The summed E-state index contributed by atoms with van der Waals surface area (Å²) in [6.07, 6.45) is 0.853. The van der Waals surface area contributed by atoms with Gasteiger partial charge in [-0.15, -0.1) is 0 Å². The minimum Gasteiger partial charge on any atom is -0.331 e. The van der Waals surface area contributed by atoms with Gasteiger partial charge in [0.15, 0.2) is 0 Å². The molecule has 4 aromatic rings. The van der Waals surface area contributed by atoms with Gasteiger partial charge in [0, 0.05) is 13.5 Å². The first-order valence-corrected chi connectivity index (χ1v) is 7.61. The summed E-state index contributed by atoms with van der Waals surface area (Å²) in [7, 11) is 2.10. The van der Waals surface area contributed by atoms with Crippen molar-refractivity contribution in [2.75, 3.05) is 0 Å². The minimum absolute atomic E-state index is 0.853. The highest BCUT2D eigenvalue weighted by atomic mass is 15.1. The number of imidazole rings is 1. The fourth-order valence-electron chi connectivity index (χ4n) is 3.13. The van der Waals surface area contributed by atoms with E-state index in [2.05, 4.69) is 79.2 Å². The molecule has 0 atom stereocenters. The van der Waals surface area contributed by atoms with Crippen LogP contribution < -0.4 is 0 Å². The van der Waals surface area contributed by atoms with Crippen LogP contribution in [-0.2, 0) is 13.5 Å². The maximum absolute atomic E-state index is 4.84. The molecular weight excluding hydrogens is 268 g/mol. The number of fused-ring (bicyclic) bond motifs is 2. The van der Waals surface area contributed by atoms with Gasteiger partial charge in [-0.05, 0) is 41.0 Å². The molecule has 0 fully saturated rings. The Balaban J connectivity index is 1.84. The Morgan fingerprint density at radius 1 is 0.955 bits per heavy atom. The zero-order valence-electron chi connectivity index (χ0n) is 12.9. The van der Waals surface area contributed by atoms with E-state index in [-0.39, 0.29) is 0 Å². The van der Waals surface area contributed by atoms with Crippen molar-refractivity contribution >= 4 is 21.8 Å². The molecule has 108 valence electrons. The molecule has 2 nitrogen and oxygen atoms in total. The van der Waals surface area contributed by atoms with Gasteiger partial charge in [0.05, 0.1) is 11.0 Å². The van der Waals surface area contributed by atoms with Crippen LogP contribution in [0.2, 0.25) is 0 Å². The van der Waals surface area contributed by atoms with E-state index in [1.54, 1.807) is 0 Å². The lowest BCUT2D eigenvalue weighted by atomic mass is 10.0. The number of rotatable bonds is 2. The zero-order valence-corrected chi connectivity index (χ0v) is 12.9. The van der Waals surface area contributed by atoms with E-state index in [4.69, 9.17) is 4.98 Å². The summed E-state index contributed by atoms with van der Waals surface area (Å²) in [6.45, 7) is 2.11. The fourth-order valence-corrected chi connectivity index (χ4v) is 3.13. The molecular formula is C20H18N2. The van der Waals surface area contributed by atoms with E-state index >= 15 is 0 Å². The van der Waals surface area contributed by atoms with Crippen LogP contribution >= 0.6 is 0 Å². The van der Waals surface area contributed by atoms with Crippen LogP contribution in [-0.4, -0.2) is 9.55 Å². The van der Waals surface area contributed by atoms with Crippen molar-refractivity contribution in [3.05, 3.63) is 77.6 Å². The molecule has 1 heterocycles. The molecule has 2 heteroatoms. The third-order valence-electron chi connectivity index (χ3n) is 4.36. The lowest BCUT2D eigenvalue weighted by Crippen LogP contribution is -1.99. The molecule has 0 aliphatic heterocycles. The maximum atomic E-state index is 4.84. The number of hydrogen-bond donors (Lipinski definition) is 0. The van der Waals surface area contributed by atoms with Crippen molar-refractivity contribution in [3.63, 3.8) is 0 Å². The van der Waals surface area contributed by atoms with Gasteiger partial charge < -0.3 is 4.57 Å². The van der Waals surface area contributed by atoms with Crippen LogP contribution in [0.4, 0.5) is 0 Å². The SMILES string of the molecule is Cc1ccc2c(c1)nc(Cc1cccc3ccccc13)n2C. The molecule has 0 radical (unpaired) electrons. The second-order valence-electron chi connectivity index (χ2n) is 5.89. The Hall–Kier alpha value is -2.61. The Morgan fingerprint density at radius 2 is 1.77 bits per heavy atom. The summed E-state index contributed by atoms with van der Waals surface area (Å²) in [5, 5.41) is 2.60. The van der Waals surface area contributed by atoms with E-state index in [0.717, 1.165) is 17.8 Å². The molecule has 3 aromatic carbocycles. The molecule has 22 heavy (non-hydrogen) atoms. The lowest BCUT2D eigenvalue weighted by molar-refractivity contribution is 0.847. The predicted octanol–water partition coefficient (Wildman–Crippen LogP) is 4.63. The summed E-state index contributed by atoms with van der Waals surface area (Å²) in [6, 6.07) is 21.5. The van der Waals surface area contributed by atoms with Crippen molar-refractivity contribution in [1.29, 1.82) is 0 Å². The molecule has 0 spiro atoms. The molecule has 4 rings (SSSR count). The molecule has 0 saturated heterocycles. The molecule has 0 unspecified atom stereocenters. The minimum atomic E-state index is 0.853. The number of aromatic nitrogens is 2. The Morgan fingerprint density at radius 3 is 2.68 bits per heavy atom. The van der Waals surface area contributed by atoms with Crippen LogP contribution in [0.15, 0.2) is 60.7 Å². The summed E-state index contributed by atoms with van der Waals surface area (Å²) in [5.74, 6) is 1.11. The molecule has 0 saturated carbocycles. The van der Waals surface area contributed by atoms with Gasteiger partial charge in [0.1, 0.15) is 5.82 Å². The van der Waals surface area contributed by atoms with Crippen molar-refractivity contribution in [2.24, 2.45) is 7.05 Å². The van der Waals surface area contributed by atoms with Gasteiger partial charge in [-0.25, -0.2) is 4.98 Å². The van der Waals surface area contributed by atoms with E-state index in [0.29, 0.717) is 0 Å². The van der Waals surface area contributed by atoms with E-state index in [9.17, 15) is 0 Å². The van der Waals surface area contributed by atoms with Crippen molar-refractivity contribution in [1.82, 2.24) is 9.55 Å². The lowest BCUT2D eigenvalue weighted by Gasteiger charge is -2.07. The average Bonchev–Trinajstić information content (AvgIpc) is 2.83. The first-order chi connectivity index (χ1) is 10.7. The summed E-state index contributed by atoms with van der Waals surface area (Å²) in [4.78, 5) is 4.84. The van der Waals surface area contributed by atoms with Crippen LogP contribution in [0.3, 0.4) is 0 Å². The predicted molar refractivity (Wildman–Crippen MR) is 92.2 cm³/mol. The maximum Gasteiger partial charge on any atom is 0.114 e. The topological polar surface area (TPSA) is 17.8 Å². The summed E-state index contributed by atoms with van der Waals surface area (Å²) >= 11 is 0. The number of benzene rings is 3. The Labute approximate surface area is 130 Å². The van der Waals surface area contributed by atoms with E-state index < -0.39 is 0 Å². The molecule has 0 amide bonds. The molecule has 1 aromatic heterocycles. The Kier molecular flexibility index (Phi) is 2.97. The second kappa shape index (κ2) is 4.99. The zero-order chi connectivity index (χ0) is 15.1. The Bertz CT molecular complexity index is 974. The number of aryl methyl sites for hydroxylation is 2. The second-order valence-corrected chi connectivity index (χ2v) is 5.89. The molecule has 0 aliphatic carbocycles. The monoisotopic (exact) mass is 286 g/mol. The highest BCUT2D eigenvalue weighted by Gasteiger charge is 2.10. The van der Waals surface area contributed by atoms with Gasteiger partial charge in [-0.1, -0.05) is 48.5 Å². The van der Waals surface area contributed by atoms with Crippen LogP contribution in [0.5, 0.6) is 0 Å². The van der Waals surface area contributed by atoms with E-state index in [1.165, 1.54) is 27.4 Å².